The van der Waals surface area contributed by atoms with Crippen LogP contribution in [0.15, 0.2) is 138 Å². The summed E-state index contributed by atoms with van der Waals surface area (Å²) in [7, 11) is 0. The van der Waals surface area contributed by atoms with Crippen molar-refractivity contribution in [3.8, 4) is 0 Å². The highest BCUT2D eigenvalue weighted by Crippen LogP contribution is 2.37. The molecule has 0 aliphatic rings. The SMILES string of the molecule is CC(=O)Nc1ccc(NC(=O)C(Sc2cccc(NC(=O)/C(=C\c3c(Cl)cccc3Cl)NC(=O)c3ccccc3)c2)c2ccccc2)cc1. The number of rotatable bonds is 11. The lowest BCUT2D eigenvalue weighted by Crippen LogP contribution is -2.30. The third kappa shape index (κ3) is 9.84. The molecule has 0 bridgehead atoms. The van der Waals surface area contributed by atoms with Gasteiger partial charge in [0.15, 0.2) is 0 Å². The van der Waals surface area contributed by atoms with Crippen LogP contribution in [-0.4, -0.2) is 23.6 Å². The molecule has 4 amide bonds. The Morgan fingerprint density at radius 3 is 1.88 bits per heavy atom. The highest BCUT2D eigenvalue weighted by molar-refractivity contribution is 8.00. The molecule has 4 N–H and O–H groups in total. The summed E-state index contributed by atoms with van der Waals surface area (Å²) in [4.78, 5) is 52.5. The maximum absolute atomic E-state index is 13.7. The molecular weight excluding hydrogens is 679 g/mol. The molecule has 11 heteroatoms. The Morgan fingerprint density at radius 1 is 0.653 bits per heavy atom. The molecule has 0 heterocycles. The summed E-state index contributed by atoms with van der Waals surface area (Å²) < 4.78 is 0. The number of hydrogen-bond acceptors (Lipinski definition) is 5. The Balaban J connectivity index is 1.37. The van der Waals surface area contributed by atoms with Crippen LogP contribution in [0.3, 0.4) is 0 Å². The van der Waals surface area contributed by atoms with Crippen LogP contribution in [-0.2, 0) is 14.4 Å². The first-order chi connectivity index (χ1) is 23.7. The molecule has 1 unspecified atom stereocenters. The van der Waals surface area contributed by atoms with E-state index < -0.39 is 17.1 Å². The largest absolute Gasteiger partial charge is 0.326 e. The molecule has 49 heavy (non-hydrogen) atoms. The van der Waals surface area contributed by atoms with E-state index in [-0.39, 0.29) is 17.5 Å². The highest BCUT2D eigenvalue weighted by atomic mass is 35.5. The predicted octanol–water partition coefficient (Wildman–Crippen LogP) is 8.83. The molecule has 0 spiro atoms. The summed E-state index contributed by atoms with van der Waals surface area (Å²) in [5.74, 6) is -1.55. The molecule has 0 fully saturated rings. The molecular formula is C38H30Cl2N4O4S. The zero-order chi connectivity index (χ0) is 34.8. The maximum Gasteiger partial charge on any atom is 0.272 e. The Hall–Kier alpha value is -5.35. The quantitative estimate of drug-likeness (QED) is 0.0808. The second-order valence-electron chi connectivity index (χ2n) is 10.7. The first kappa shape index (κ1) is 35.0. The Morgan fingerprint density at radius 2 is 1.24 bits per heavy atom. The van der Waals surface area contributed by atoms with Gasteiger partial charge in [-0.2, -0.15) is 0 Å². The van der Waals surface area contributed by atoms with Crippen molar-refractivity contribution in [1.82, 2.24) is 5.32 Å². The van der Waals surface area contributed by atoms with Crippen LogP contribution in [0.5, 0.6) is 0 Å². The summed E-state index contributed by atoms with van der Waals surface area (Å²) in [6, 6.07) is 36.7. The van der Waals surface area contributed by atoms with Gasteiger partial charge >= 0.3 is 0 Å². The van der Waals surface area contributed by atoms with Gasteiger partial charge in [-0.15, -0.1) is 11.8 Å². The van der Waals surface area contributed by atoms with E-state index in [4.69, 9.17) is 23.2 Å². The van der Waals surface area contributed by atoms with E-state index in [0.717, 1.165) is 5.56 Å². The number of amides is 4. The average Bonchev–Trinajstić information content (AvgIpc) is 3.09. The molecule has 0 aromatic heterocycles. The van der Waals surface area contributed by atoms with E-state index in [1.54, 1.807) is 91.0 Å². The van der Waals surface area contributed by atoms with Crippen molar-refractivity contribution >= 4 is 81.7 Å². The smallest absolute Gasteiger partial charge is 0.272 e. The van der Waals surface area contributed by atoms with Crippen LogP contribution in [0.25, 0.3) is 6.08 Å². The van der Waals surface area contributed by atoms with Crippen molar-refractivity contribution in [1.29, 1.82) is 0 Å². The predicted molar refractivity (Wildman–Crippen MR) is 198 cm³/mol. The van der Waals surface area contributed by atoms with E-state index in [1.807, 2.05) is 36.4 Å². The zero-order valence-electron chi connectivity index (χ0n) is 26.1. The van der Waals surface area contributed by atoms with Crippen LogP contribution in [0.4, 0.5) is 17.1 Å². The van der Waals surface area contributed by atoms with Gasteiger partial charge in [-0.3, -0.25) is 19.2 Å². The number of hydrogen-bond donors (Lipinski definition) is 4. The normalized spacial score (nSPS) is 11.6. The van der Waals surface area contributed by atoms with Gasteiger partial charge < -0.3 is 21.3 Å². The summed E-state index contributed by atoms with van der Waals surface area (Å²) in [6.07, 6.45) is 1.43. The number of anilines is 3. The minimum atomic E-state index is -0.648. The number of nitrogens with one attached hydrogen (secondary N) is 4. The standard InChI is InChI=1S/C38H30Cl2N4O4S/c1-24(45)41-27-18-20-28(21-19-27)42-38(48)35(25-10-4-2-5-11-25)49-30-15-8-14-29(22-30)43-37(47)34(23-31-32(39)16-9-17-33(31)40)44-36(46)26-12-6-3-7-13-26/h2-23,35H,1H3,(H,41,45)(H,42,48)(H,43,47)(H,44,46)/b34-23+. The molecule has 8 nitrogen and oxygen atoms in total. The van der Waals surface area contributed by atoms with Crippen LogP contribution in [0.1, 0.15) is 33.7 Å². The van der Waals surface area contributed by atoms with Gasteiger partial charge in [-0.05, 0) is 78.4 Å². The monoisotopic (exact) mass is 708 g/mol. The van der Waals surface area contributed by atoms with E-state index in [9.17, 15) is 19.2 Å². The van der Waals surface area contributed by atoms with E-state index in [2.05, 4.69) is 21.3 Å². The molecule has 1 atom stereocenters. The lowest BCUT2D eigenvalue weighted by molar-refractivity contribution is -0.116. The van der Waals surface area contributed by atoms with E-state index in [1.165, 1.54) is 24.8 Å². The molecule has 0 saturated carbocycles. The number of benzene rings is 5. The lowest BCUT2D eigenvalue weighted by atomic mass is 10.1. The Kier molecular flexibility index (Phi) is 11.9. The average molecular weight is 710 g/mol. The third-order valence-corrected chi connectivity index (χ3v) is 8.88. The van der Waals surface area contributed by atoms with Gasteiger partial charge in [-0.1, -0.05) is 83.9 Å². The molecule has 246 valence electrons. The molecule has 5 rings (SSSR count). The number of carbonyl (C=O) groups excluding carboxylic acids is 4. The minimum Gasteiger partial charge on any atom is -0.326 e. The summed E-state index contributed by atoms with van der Waals surface area (Å²) in [5, 5.41) is 11.2. The molecule has 0 saturated heterocycles. The lowest BCUT2D eigenvalue weighted by Gasteiger charge is -2.18. The number of halogens is 2. The molecule has 5 aromatic carbocycles. The van der Waals surface area contributed by atoms with Crippen LogP contribution >= 0.6 is 35.0 Å². The molecule has 0 aliphatic heterocycles. The number of carbonyl (C=O) groups is 4. The van der Waals surface area contributed by atoms with Crippen molar-refractivity contribution in [3.05, 3.63) is 160 Å². The third-order valence-electron chi connectivity index (χ3n) is 6.98. The first-order valence-electron chi connectivity index (χ1n) is 15.0. The second-order valence-corrected chi connectivity index (χ2v) is 12.6. The van der Waals surface area contributed by atoms with Crippen molar-refractivity contribution < 1.29 is 19.2 Å². The van der Waals surface area contributed by atoms with Crippen LogP contribution < -0.4 is 21.3 Å². The molecule has 5 aromatic rings. The van der Waals surface area contributed by atoms with Crippen LogP contribution in [0, 0.1) is 0 Å². The minimum absolute atomic E-state index is 0.0760. The van der Waals surface area contributed by atoms with Gasteiger partial charge in [0.05, 0.1) is 0 Å². The van der Waals surface area contributed by atoms with Crippen molar-refractivity contribution in [3.63, 3.8) is 0 Å². The van der Waals surface area contributed by atoms with Gasteiger partial charge in [0.25, 0.3) is 11.8 Å². The fourth-order valence-electron chi connectivity index (χ4n) is 4.67. The topological polar surface area (TPSA) is 116 Å². The summed E-state index contributed by atoms with van der Waals surface area (Å²) in [6.45, 7) is 1.42. The number of thioether (sulfide) groups is 1. The zero-order valence-corrected chi connectivity index (χ0v) is 28.4. The Bertz CT molecular complexity index is 1990. The van der Waals surface area contributed by atoms with Gasteiger partial charge in [0.1, 0.15) is 10.9 Å². The van der Waals surface area contributed by atoms with Gasteiger partial charge in [0, 0.05) is 50.1 Å². The molecule has 0 radical (unpaired) electrons. The first-order valence-corrected chi connectivity index (χ1v) is 16.6. The summed E-state index contributed by atoms with van der Waals surface area (Å²) in [5.41, 5.74) is 3.05. The van der Waals surface area contributed by atoms with Crippen molar-refractivity contribution in [2.75, 3.05) is 16.0 Å². The van der Waals surface area contributed by atoms with Gasteiger partial charge in [0.2, 0.25) is 11.8 Å². The highest BCUT2D eigenvalue weighted by Gasteiger charge is 2.23. The van der Waals surface area contributed by atoms with Gasteiger partial charge in [-0.25, -0.2) is 0 Å². The van der Waals surface area contributed by atoms with Crippen molar-refractivity contribution in [2.24, 2.45) is 0 Å². The fraction of sp³-hybridized carbons (Fsp3) is 0.0526. The molecule has 0 aliphatic carbocycles. The fourth-order valence-corrected chi connectivity index (χ4v) is 6.26. The van der Waals surface area contributed by atoms with Crippen molar-refractivity contribution in [2.45, 2.75) is 17.1 Å². The van der Waals surface area contributed by atoms with Crippen LogP contribution in [0.2, 0.25) is 10.0 Å². The summed E-state index contributed by atoms with van der Waals surface area (Å²) >= 11 is 14.1. The second kappa shape index (κ2) is 16.7. The maximum atomic E-state index is 13.7. The van der Waals surface area contributed by atoms with E-state index in [0.29, 0.717) is 43.1 Å². The van der Waals surface area contributed by atoms with E-state index >= 15 is 0 Å². The Labute approximate surface area is 297 Å².